The van der Waals surface area contributed by atoms with E-state index in [1.165, 1.54) is 55.6 Å². The number of anilines is 1. The molecule has 1 N–H and O–H groups in total. The van der Waals surface area contributed by atoms with Gasteiger partial charge in [0.1, 0.15) is 5.82 Å². The fourth-order valence-corrected chi connectivity index (χ4v) is 3.31. The van der Waals surface area contributed by atoms with Gasteiger partial charge in [0.05, 0.1) is 10.6 Å². The molecule has 0 radical (unpaired) electrons. The van der Waals surface area contributed by atoms with Gasteiger partial charge in [-0.25, -0.2) is 12.8 Å². The van der Waals surface area contributed by atoms with Crippen molar-refractivity contribution in [2.45, 2.75) is 4.90 Å². The third-order valence-corrected chi connectivity index (χ3v) is 5.12. The predicted molar refractivity (Wildman–Crippen MR) is 91.0 cm³/mol. The van der Waals surface area contributed by atoms with Crippen LogP contribution in [0.4, 0.5) is 10.1 Å². The lowest BCUT2D eigenvalue weighted by molar-refractivity contribution is 0.0958. The Kier molecular flexibility index (Phi) is 5.35. The average molecular weight is 348 g/mol. The van der Waals surface area contributed by atoms with Crippen LogP contribution in [0.2, 0.25) is 0 Å². The summed E-state index contributed by atoms with van der Waals surface area (Å²) in [5, 5.41) is 2.57. The first kappa shape index (κ1) is 17.7. The summed E-state index contributed by atoms with van der Waals surface area (Å²) in [5.41, 5.74) is 0.124. The molecule has 126 valence electrons. The van der Waals surface area contributed by atoms with Gasteiger partial charge in [-0.3, -0.25) is 9.10 Å². The van der Waals surface area contributed by atoms with Gasteiger partial charge in [0, 0.05) is 19.2 Å². The van der Waals surface area contributed by atoms with Crippen molar-refractivity contribution in [3.63, 3.8) is 0 Å². The summed E-state index contributed by atoms with van der Waals surface area (Å²) in [6.45, 7) is 3.76. The summed E-state index contributed by atoms with van der Waals surface area (Å²) in [5.74, 6) is -1.07. The fraction of sp³-hybridized carbons (Fsp3) is 0.118. The molecule has 0 aromatic heterocycles. The van der Waals surface area contributed by atoms with E-state index in [0.29, 0.717) is 0 Å². The van der Waals surface area contributed by atoms with Crippen LogP contribution in [0.3, 0.4) is 0 Å². The monoisotopic (exact) mass is 348 g/mol. The van der Waals surface area contributed by atoms with E-state index in [9.17, 15) is 17.6 Å². The number of amides is 1. The molecule has 0 unspecified atom stereocenters. The smallest absolute Gasteiger partial charge is 0.264 e. The van der Waals surface area contributed by atoms with Gasteiger partial charge in [0.2, 0.25) is 0 Å². The Bertz CT molecular complexity index is 866. The number of para-hydroxylation sites is 1. The van der Waals surface area contributed by atoms with Crippen molar-refractivity contribution in [3.8, 4) is 0 Å². The van der Waals surface area contributed by atoms with Crippen LogP contribution in [0.15, 0.2) is 66.1 Å². The molecule has 7 heteroatoms. The number of hydrogen-bond donors (Lipinski definition) is 1. The lowest BCUT2D eigenvalue weighted by atomic mass is 10.2. The van der Waals surface area contributed by atoms with Crippen molar-refractivity contribution in [2.75, 3.05) is 17.9 Å². The van der Waals surface area contributed by atoms with Crippen molar-refractivity contribution in [2.24, 2.45) is 0 Å². The van der Waals surface area contributed by atoms with Crippen molar-refractivity contribution in [1.82, 2.24) is 5.32 Å². The van der Waals surface area contributed by atoms with Crippen LogP contribution in [0, 0.1) is 5.82 Å². The molecular formula is C17H17FN2O3S. The first-order valence-electron chi connectivity index (χ1n) is 7.10. The third kappa shape index (κ3) is 3.62. The number of rotatable bonds is 6. The number of sulfonamides is 1. The molecule has 1 amide bonds. The number of carbonyl (C=O) groups is 1. The van der Waals surface area contributed by atoms with E-state index in [-0.39, 0.29) is 22.7 Å². The molecule has 0 fully saturated rings. The van der Waals surface area contributed by atoms with Gasteiger partial charge < -0.3 is 5.32 Å². The maximum Gasteiger partial charge on any atom is 0.264 e. The summed E-state index contributed by atoms with van der Waals surface area (Å²) in [6, 6.07) is 11.1. The van der Waals surface area contributed by atoms with Crippen LogP contribution in [0.25, 0.3) is 0 Å². The maximum atomic E-state index is 13.9. The average Bonchev–Trinajstić information content (AvgIpc) is 2.59. The fourth-order valence-electron chi connectivity index (χ4n) is 2.06. The summed E-state index contributed by atoms with van der Waals surface area (Å²) in [7, 11) is -2.74. The lowest BCUT2D eigenvalue weighted by Gasteiger charge is -2.20. The highest BCUT2D eigenvalue weighted by Crippen LogP contribution is 2.24. The zero-order valence-electron chi connectivity index (χ0n) is 13.1. The Labute approximate surface area is 140 Å². The molecule has 2 rings (SSSR count). The van der Waals surface area contributed by atoms with Gasteiger partial charge >= 0.3 is 0 Å². The highest BCUT2D eigenvalue weighted by molar-refractivity contribution is 7.92. The first-order chi connectivity index (χ1) is 11.4. The van der Waals surface area contributed by atoms with Crippen LogP contribution < -0.4 is 9.62 Å². The van der Waals surface area contributed by atoms with Crippen LogP contribution in [-0.2, 0) is 10.0 Å². The standard InChI is InChI=1S/C17H17FN2O3S/c1-3-11-19-17(21)13-7-6-8-14(12-13)24(22,23)20(2)16-10-5-4-9-15(16)18/h3-10,12H,1,11H2,2H3,(H,19,21). The Morgan fingerprint density at radius 3 is 2.62 bits per heavy atom. The van der Waals surface area contributed by atoms with Crippen LogP contribution >= 0.6 is 0 Å². The highest BCUT2D eigenvalue weighted by Gasteiger charge is 2.24. The molecule has 0 spiro atoms. The Balaban J connectivity index is 2.38. The number of hydrogen-bond acceptors (Lipinski definition) is 3. The molecule has 0 saturated heterocycles. The van der Waals surface area contributed by atoms with Gasteiger partial charge in [0.15, 0.2) is 0 Å². The predicted octanol–water partition coefficient (Wildman–Crippen LogP) is 2.57. The van der Waals surface area contributed by atoms with Gasteiger partial charge in [-0.1, -0.05) is 24.3 Å². The molecule has 0 aliphatic rings. The van der Waals surface area contributed by atoms with Gasteiger partial charge in [0.25, 0.3) is 15.9 Å². The Morgan fingerprint density at radius 2 is 1.96 bits per heavy atom. The molecule has 0 bridgehead atoms. The summed E-state index contributed by atoms with van der Waals surface area (Å²) >= 11 is 0. The van der Waals surface area contributed by atoms with E-state index >= 15 is 0 Å². The Morgan fingerprint density at radius 1 is 1.25 bits per heavy atom. The van der Waals surface area contributed by atoms with E-state index in [1.807, 2.05) is 0 Å². The van der Waals surface area contributed by atoms with E-state index in [2.05, 4.69) is 11.9 Å². The molecular weight excluding hydrogens is 331 g/mol. The molecule has 0 heterocycles. The van der Waals surface area contributed by atoms with E-state index in [4.69, 9.17) is 0 Å². The second-order valence-electron chi connectivity index (χ2n) is 4.95. The van der Waals surface area contributed by atoms with Crippen molar-refractivity contribution >= 4 is 21.6 Å². The molecule has 5 nitrogen and oxygen atoms in total. The lowest BCUT2D eigenvalue weighted by Crippen LogP contribution is -2.28. The van der Waals surface area contributed by atoms with Crippen molar-refractivity contribution in [1.29, 1.82) is 0 Å². The number of halogens is 1. The van der Waals surface area contributed by atoms with E-state index < -0.39 is 21.7 Å². The zero-order valence-corrected chi connectivity index (χ0v) is 13.9. The van der Waals surface area contributed by atoms with Crippen molar-refractivity contribution in [3.05, 3.63) is 72.6 Å². The Hall–Kier alpha value is -2.67. The third-order valence-electron chi connectivity index (χ3n) is 3.35. The molecule has 2 aromatic rings. The molecule has 0 atom stereocenters. The van der Waals surface area contributed by atoms with Crippen molar-refractivity contribution < 1.29 is 17.6 Å². The summed E-state index contributed by atoms with van der Waals surface area (Å²) in [6.07, 6.45) is 1.52. The maximum absolute atomic E-state index is 13.9. The number of benzene rings is 2. The quantitative estimate of drug-likeness (QED) is 0.816. The zero-order chi connectivity index (χ0) is 17.7. The van der Waals surface area contributed by atoms with Crippen LogP contribution in [0.1, 0.15) is 10.4 Å². The van der Waals surface area contributed by atoms with Gasteiger partial charge in [-0.05, 0) is 30.3 Å². The highest BCUT2D eigenvalue weighted by atomic mass is 32.2. The van der Waals surface area contributed by atoms with Crippen LogP contribution in [0.5, 0.6) is 0 Å². The minimum atomic E-state index is -4.00. The normalized spacial score (nSPS) is 10.9. The summed E-state index contributed by atoms with van der Waals surface area (Å²) in [4.78, 5) is 11.9. The second kappa shape index (κ2) is 7.27. The molecule has 0 saturated carbocycles. The number of carbonyl (C=O) groups excluding carboxylic acids is 1. The van der Waals surface area contributed by atoms with Gasteiger partial charge in [-0.2, -0.15) is 0 Å². The van der Waals surface area contributed by atoms with E-state index in [0.717, 1.165) is 4.31 Å². The minimum Gasteiger partial charge on any atom is -0.349 e. The molecule has 0 aliphatic carbocycles. The molecule has 2 aromatic carbocycles. The van der Waals surface area contributed by atoms with E-state index in [1.54, 1.807) is 6.07 Å². The topological polar surface area (TPSA) is 66.5 Å². The minimum absolute atomic E-state index is 0.0704. The number of nitrogens with one attached hydrogen (secondary N) is 1. The molecule has 0 aliphatic heterocycles. The largest absolute Gasteiger partial charge is 0.349 e. The van der Waals surface area contributed by atoms with Gasteiger partial charge in [-0.15, -0.1) is 6.58 Å². The summed E-state index contributed by atoms with van der Waals surface area (Å²) < 4.78 is 40.1. The van der Waals surface area contributed by atoms with Crippen LogP contribution in [-0.4, -0.2) is 27.9 Å². The molecule has 24 heavy (non-hydrogen) atoms. The number of nitrogens with zero attached hydrogens (tertiary/aromatic N) is 1. The first-order valence-corrected chi connectivity index (χ1v) is 8.54. The second-order valence-corrected chi connectivity index (χ2v) is 6.92. The SMILES string of the molecule is C=CCNC(=O)c1cccc(S(=O)(=O)N(C)c2ccccc2F)c1.